The van der Waals surface area contributed by atoms with Crippen molar-refractivity contribution in [1.82, 2.24) is 19.9 Å². The molecule has 5 heteroatoms. The SMILES string of the molecule is CCC1CCC(N(C(=O)c2ccc3c(c2)nnn3CC)C2CC2)CC1. The number of carbonyl (C=O) groups is 1. The molecule has 1 aromatic heterocycles. The molecule has 2 aliphatic carbocycles. The van der Waals surface area contributed by atoms with Crippen molar-refractivity contribution >= 4 is 16.9 Å². The Morgan fingerprint density at radius 2 is 1.80 bits per heavy atom. The van der Waals surface area contributed by atoms with Crippen molar-refractivity contribution in [2.24, 2.45) is 5.92 Å². The lowest BCUT2D eigenvalue weighted by Crippen LogP contribution is -2.43. The van der Waals surface area contributed by atoms with Gasteiger partial charge in [-0.25, -0.2) is 4.68 Å². The summed E-state index contributed by atoms with van der Waals surface area (Å²) >= 11 is 0. The topological polar surface area (TPSA) is 51.0 Å². The van der Waals surface area contributed by atoms with Crippen LogP contribution in [-0.4, -0.2) is 37.9 Å². The Balaban J connectivity index is 1.57. The van der Waals surface area contributed by atoms with Gasteiger partial charge in [0.05, 0.1) is 5.52 Å². The second kappa shape index (κ2) is 6.77. The van der Waals surface area contributed by atoms with Crippen LogP contribution in [0, 0.1) is 5.92 Å². The summed E-state index contributed by atoms with van der Waals surface area (Å²) < 4.78 is 1.87. The van der Waals surface area contributed by atoms with Crippen molar-refractivity contribution in [3.63, 3.8) is 0 Å². The molecule has 4 rings (SSSR count). The monoisotopic (exact) mass is 340 g/mol. The van der Waals surface area contributed by atoms with E-state index in [-0.39, 0.29) is 5.91 Å². The van der Waals surface area contributed by atoms with Crippen LogP contribution in [0.25, 0.3) is 11.0 Å². The van der Waals surface area contributed by atoms with Gasteiger partial charge in [0, 0.05) is 24.2 Å². The number of hydrogen-bond acceptors (Lipinski definition) is 3. The minimum absolute atomic E-state index is 0.190. The first kappa shape index (κ1) is 16.6. The number of rotatable bonds is 5. The Kier molecular flexibility index (Phi) is 4.48. The fraction of sp³-hybridized carbons (Fsp3) is 0.650. The quantitative estimate of drug-likeness (QED) is 0.826. The molecule has 2 saturated carbocycles. The zero-order chi connectivity index (χ0) is 17.4. The van der Waals surface area contributed by atoms with Gasteiger partial charge in [0.1, 0.15) is 5.52 Å². The van der Waals surface area contributed by atoms with Gasteiger partial charge in [-0.2, -0.15) is 0 Å². The normalized spacial score (nSPS) is 23.8. The van der Waals surface area contributed by atoms with E-state index in [1.54, 1.807) is 0 Å². The largest absolute Gasteiger partial charge is 0.333 e. The number of fused-ring (bicyclic) bond motifs is 1. The molecule has 0 unspecified atom stereocenters. The van der Waals surface area contributed by atoms with Gasteiger partial charge < -0.3 is 4.90 Å². The van der Waals surface area contributed by atoms with Crippen LogP contribution in [0.4, 0.5) is 0 Å². The van der Waals surface area contributed by atoms with Crippen molar-refractivity contribution in [2.75, 3.05) is 0 Å². The van der Waals surface area contributed by atoms with E-state index in [1.807, 2.05) is 22.9 Å². The molecule has 1 heterocycles. The van der Waals surface area contributed by atoms with Crippen molar-refractivity contribution in [3.05, 3.63) is 23.8 Å². The minimum atomic E-state index is 0.190. The summed E-state index contributed by atoms with van der Waals surface area (Å²) in [6, 6.07) is 6.74. The number of amides is 1. The molecule has 1 aromatic carbocycles. The van der Waals surface area contributed by atoms with Gasteiger partial charge in [0.15, 0.2) is 0 Å². The van der Waals surface area contributed by atoms with E-state index < -0.39 is 0 Å². The summed E-state index contributed by atoms with van der Waals surface area (Å²) in [4.78, 5) is 15.5. The maximum absolute atomic E-state index is 13.3. The first-order valence-electron chi connectivity index (χ1n) is 9.87. The number of benzene rings is 1. The zero-order valence-electron chi connectivity index (χ0n) is 15.3. The van der Waals surface area contributed by atoms with Gasteiger partial charge in [-0.3, -0.25) is 4.79 Å². The molecule has 2 aromatic rings. The Bertz CT molecular complexity index is 756. The molecule has 1 amide bonds. The highest BCUT2D eigenvalue weighted by molar-refractivity contribution is 5.97. The lowest BCUT2D eigenvalue weighted by Gasteiger charge is -2.37. The lowest BCUT2D eigenvalue weighted by atomic mass is 9.83. The molecule has 134 valence electrons. The molecule has 2 fully saturated rings. The average Bonchev–Trinajstić information content (AvgIpc) is 3.40. The van der Waals surface area contributed by atoms with E-state index in [2.05, 4.69) is 29.1 Å². The third kappa shape index (κ3) is 3.16. The predicted molar refractivity (Wildman–Crippen MR) is 98.4 cm³/mol. The van der Waals surface area contributed by atoms with Crippen molar-refractivity contribution in [3.8, 4) is 0 Å². The third-order valence-electron chi connectivity index (χ3n) is 6.02. The van der Waals surface area contributed by atoms with Crippen LogP contribution >= 0.6 is 0 Å². The van der Waals surface area contributed by atoms with E-state index in [1.165, 1.54) is 19.3 Å². The number of nitrogens with zero attached hydrogens (tertiary/aromatic N) is 4. The molecule has 0 bridgehead atoms. The second-order valence-electron chi connectivity index (χ2n) is 7.64. The van der Waals surface area contributed by atoms with Gasteiger partial charge in [-0.1, -0.05) is 18.6 Å². The summed E-state index contributed by atoms with van der Waals surface area (Å²) in [6.45, 7) is 5.13. The van der Waals surface area contributed by atoms with Crippen LogP contribution in [0.5, 0.6) is 0 Å². The molecule has 0 radical (unpaired) electrons. The molecule has 0 N–H and O–H groups in total. The standard InChI is InChI=1S/C20H28N4O/c1-3-14-5-8-16(9-6-14)24(17-10-11-17)20(25)15-7-12-19-18(13-15)21-22-23(19)4-2/h7,12-14,16-17H,3-6,8-11H2,1-2H3. The highest BCUT2D eigenvalue weighted by Gasteiger charge is 2.39. The Hall–Kier alpha value is -1.91. The first-order chi connectivity index (χ1) is 12.2. The lowest BCUT2D eigenvalue weighted by molar-refractivity contribution is 0.0587. The van der Waals surface area contributed by atoms with Crippen molar-refractivity contribution < 1.29 is 4.79 Å². The van der Waals surface area contributed by atoms with E-state index in [4.69, 9.17) is 0 Å². The molecule has 25 heavy (non-hydrogen) atoms. The number of aromatic nitrogens is 3. The van der Waals surface area contributed by atoms with Gasteiger partial charge in [0.25, 0.3) is 5.91 Å². The van der Waals surface area contributed by atoms with Crippen LogP contribution < -0.4 is 0 Å². The molecule has 2 aliphatic rings. The van der Waals surface area contributed by atoms with Crippen LogP contribution in [0.15, 0.2) is 18.2 Å². The van der Waals surface area contributed by atoms with Crippen LogP contribution in [0.1, 0.15) is 69.2 Å². The summed E-state index contributed by atoms with van der Waals surface area (Å²) in [6.07, 6.45) is 8.45. The zero-order valence-corrected chi connectivity index (χ0v) is 15.3. The maximum atomic E-state index is 13.3. The summed E-state index contributed by atoms with van der Waals surface area (Å²) in [7, 11) is 0. The fourth-order valence-electron chi connectivity index (χ4n) is 4.30. The smallest absolute Gasteiger partial charge is 0.254 e. The maximum Gasteiger partial charge on any atom is 0.254 e. The number of aryl methyl sites for hydroxylation is 1. The second-order valence-corrected chi connectivity index (χ2v) is 7.64. The van der Waals surface area contributed by atoms with Crippen LogP contribution in [0.2, 0.25) is 0 Å². The molecule has 0 saturated heterocycles. The van der Waals surface area contributed by atoms with E-state index in [0.717, 1.165) is 54.7 Å². The predicted octanol–water partition coefficient (Wildman–Crippen LogP) is 4.02. The van der Waals surface area contributed by atoms with E-state index in [0.29, 0.717) is 12.1 Å². The summed E-state index contributed by atoms with van der Waals surface area (Å²) in [5, 5.41) is 8.38. The van der Waals surface area contributed by atoms with Gasteiger partial charge in [-0.15, -0.1) is 5.10 Å². The number of hydrogen-bond donors (Lipinski definition) is 0. The molecular weight excluding hydrogens is 312 g/mol. The fourth-order valence-corrected chi connectivity index (χ4v) is 4.30. The summed E-state index contributed by atoms with van der Waals surface area (Å²) in [5.41, 5.74) is 2.58. The Morgan fingerprint density at radius 1 is 1.12 bits per heavy atom. The minimum Gasteiger partial charge on any atom is -0.333 e. The van der Waals surface area contributed by atoms with Crippen molar-refractivity contribution in [2.45, 2.75) is 77.4 Å². The van der Waals surface area contributed by atoms with Gasteiger partial charge >= 0.3 is 0 Å². The molecule has 0 atom stereocenters. The van der Waals surface area contributed by atoms with Crippen LogP contribution in [0.3, 0.4) is 0 Å². The van der Waals surface area contributed by atoms with E-state index in [9.17, 15) is 4.79 Å². The molecule has 5 nitrogen and oxygen atoms in total. The van der Waals surface area contributed by atoms with Crippen LogP contribution in [-0.2, 0) is 6.54 Å². The van der Waals surface area contributed by atoms with Gasteiger partial charge in [-0.05, 0) is 69.6 Å². The number of carbonyl (C=O) groups excluding carboxylic acids is 1. The average molecular weight is 340 g/mol. The highest BCUT2D eigenvalue weighted by atomic mass is 16.2. The Morgan fingerprint density at radius 3 is 2.40 bits per heavy atom. The van der Waals surface area contributed by atoms with Crippen molar-refractivity contribution in [1.29, 1.82) is 0 Å². The third-order valence-corrected chi connectivity index (χ3v) is 6.02. The highest BCUT2D eigenvalue weighted by Crippen LogP contribution is 2.37. The first-order valence-corrected chi connectivity index (χ1v) is 9.87. The molecular formula is C20H28N4O. The molecule has 0 spiro atoms. The van der Waals surface area contributed by atoms with Gasteiger partial charge in [0.2, 0.25) is 0 Å². The van der Waals surface area contributed by atoms with E-state index >= 15 is 0 Å². The molecule has 0 aliphatic heterocycles. The Labute approximate surface area is 149 Å². The summed E-state index contributed by atoms with van der Waals surface area (Å²) in [5.74, 6) is 1.04.